The summed E-state index contributed by atoms with van der Waals surface area (Å²) in [6.07, 6.45) is -2.31. The Balaban J connectivity index is 1.64. The van der Waals surface area contributed by atoms with Crippen LogP contribution in [0, 0.1) is 11.3 Å². The van der Waals surface area contributed by atoms with Gasteiger partial charge in [0, 0.05) is 18.7 Å². The summed E-state index contributed by atoms with van der Waals surface area (Å²) < 4.78 is 95.5. The second-order valence-electron chi connectivity index (χ2n) is 9.30. The number of hydrogen-bond acceptors (Lipinski definition) is 11. The first-order valence-electron chi connectivity index (χ1n) is 11.5. The van der Waals surface area contributed by atoms with Crippen LogP contribution in [0.4, 0.5) is 13.2 Å². The Labute approximate surface area is 224 Å². The zero-order valence-corrected chi connectivity index (χ0v) is 22.8. The fourth-order valence-corrected chi connectivity index (χ4v) is 7.14. The average molecular weight is 604 g/mol. The maximum Gasteiger partial charge on any atom is 0.445 e. The van der Waals surface area contributed by atoms with E-state index in [0.29, 0.717) is 18.4 Å². The highest BCUT2D eigenvalue weighted by Gasteiger charge is 2.47. The first kappa shape index (κ1) is 27.5. The average Bonchev–Trinajstić information content (AvgIpc) is 3.26. The van der Waals surface area contributed by atoms with Crippen LogP contribution in [-0.4, -0.2) is 75.2 Å². The zero-order valence-electron chi connectivity index (χ0n) is 20.3. The number of nitrogens with one attached hydrogen (secondary N) is 1. The van der Waals surface area contributed by atoms with Crippen molar-refractivity contribution in [1.29, 1.82) is 5.26 Å². The van der Waals surface area contributed by atoms with E-state index in [1.807, 2.05) is 6.07 Å². The molecule has 2 aliphatic rings. The Kier molecular flexibility index (Phi) is 6.53. The van der Waals surface area contributed by atoms with E-state index in [-0.39, 0.29) is 52.7 Å². The lowest BCUT2D eigenvalue weighted by atomic mass is 10.0. The summed E-state index contributed by atoms with van der Waals surface area (Å²) >= 11 is 0.174. The molecule has 3 aromatic heterocycles. The standard InChI is InChI=1S/C20H20F3N9O4S3/c1-11(2)39(35,36)31-7-3-12(4-8-31)13-9-14(38(33,34)29-19(10-24)5-6-19)25-16-15(13)26-30-32(16)18-28-27-17(37-18)20(21,22)23/h3,9,11,29H,4-8H2,1-2H3. The van der Waals surface area contributed by atoms with Crippen LogP contribution in [0.3, 0.4) is 0 Å². The van der Waals surface area contributed by atoms with Crippen LogP contribution in [0.25, 0.3) is 21.9 Å². The lowest BCUT2D eigenvalue weighted by Gasteiger charge is -2.27. The molecule has 0 saturated heterocycles. The molecule has 0 atom stereocenters. The minimum absolute atomic E-state index is 0.0248. The van der Waals surface area contributed by atoms with Crippen molar-refractivity contribution in [3.05, 3.63) is 22.7 Å². The number of rotatable bonds is 7. The van der Waals surface area contributed by atoms with Gasteiger partial charge in [-0.15, -0.1) is 15.3 Å². The predicted octanol–water partition coefficient (Wildman–Crippen LogP) is 1.85. The van der Waals surface area contributed by atoms with E-state index in [2.05, 4.69) is 30.2 Å². The van der Waals surface area contributed by atoms with Crippen molar-refractivity contribution in [3.63, 3.8) is 0 Å². The van der Waals surface area contributed by atoms with Gasteiger partial charge in [0.25, 0.3) is 10.0 Å². The van der Waals surface area contributed by atoms with Gasteiger partial charge >= 0.3 is 6.18 Å². The molecule has 1 N–H and O–H groups in total. The molecule has 3 aromatic rings. The highest BCUT2D eigenvalue weighted by atomic mass is 32.2. The van der Waals surface area contributed by atoms with E-state index in [0.717, 1.165) is 4.68 Å². The van der Waals surface area contributed by atoms with Crippen LogP contribution in [0.5, 0.6) is 0 Å². The van der Waals surface area contributed by atoms with E-state index >= 15 is 0 Å². The van der Waals surface area contributed by atoms with Gasteiger partial charge in [-0.1, -0.05) is 22.6 Å². The summed E-state index contributed by atoms with van der Waals surface area (Å²) in [5.74, 6) is 0. The van der Waals surface area contributed by atoms with E-state index in [4.69, 9.17) is 0 Å². The van der Waals surface area contributed by atoms with Crippen molar-refractivity contribution < 1.29 is 30.0 Å². The van der Waals surface area contributed by atoms with E-state index in [1.165, 1.54) is 10.4 Å². The van der Waals surface area contributed by atoms with Gasteiger partial charge in [0.15, 0.2) is 10.7 Å². The summed E-state index contributed by atoms with van der Waals surface area (Å²) in [4.78, 5) is 4.14. The molecule has 1 aliphatic carbocycles. The van der Waals surface area contributed by atoms with Crippen molar-refractivity contribution >= 4 is 48.1 Å². The van der Waals surface area contributed by atoms with Gasteiger partial charge in [-0.2, -0.15) is 32.1 Å². The van der Waals surface area contributed by atoms with Gasteiger partial charge in [-0.05, 0) is 44.7 Å². The largest absolute Gasteiger partial charge is 0.445 e. The quantitative estimate of drug-likeness (QED) is 0.419. The summed E-state index contributed by atoms with van der Waals surface area (Å²) in [6.45, 7) is 3.27. The van der Waals surface area contributed by atoms with Crippen molar-refractivity contribution in [2.45, 2.75) is 55.1 Å². The lowest BCUT2D eigenvalue weighted by molar-refractivity contribution is -0.138. The van der Waals surface area contributed by atoms with Crippen molar-refractivity contribution in [2.24, 2.45) is 0 Å². The molecule has 5 rings (SSSR count). The maximum atomic E-state index is 13.2. The fourth-order valence-electron chi connectivity index (χ4n) is 3.90. The second-order valence-corrected chi connectivity index (χ2v) is 14.4. The molecule has 0 spiro atoms. The molecular weight excluding hydrogens is 583 g/mol. The third-order valence-corrected chi connectivity index (χ3v) is 10.9. The molecule has 0 bridgehead atoms. The molecule has 0 radical (unpaired) electrons. The number of alkyl halides is 3. The minimum atomic E-state index is -4.76. The Morgan fingerprint density at radius 3 is 2.44 bits per heavy atom. The smallest absolute Gasteiger partial charge is 0.213 e. The monoisotopic (exact) mass is 603 g/mol. The third-order valence-electron chi connectivity index (χ3n) is 6.27. The summed E-state index contributed by atoms with van der Waals surface area (Å²) in [6, 6.07) is 3.16. The van der Waals surface area contributed by atoms with Crippen LogP contribution >= 0.6 is 11.3 Å². The molecule has 1 saturated carbocycles. The third kappa shape index (κ3) is 5.02. The van der Waals surface area contributed by atoms with Crippen molar-refractivity contribution in [1.82, 2.24) is 39.2 Å². The summed E-state index contributed by atoms with van der Waals surface area (Å²) in [7, 11) is -7.89. The molecule has 39 heavy (non-hydrogen) atoms. The van der Waals surface area contributed by atoms with Crippen LogP contribution < -0.4 is 4.72 Å². The van der Waals surface area contributed by atoms with Gasteiger partial charge in [0.2, 0.25) is 20.2 Å². The van der Waals surface area contributed by atoms with Gasteiger partial charge in [-0.25, -0.2) is 21.8 Å². The molecule has 4 heterocycles. The number of fused-ring (bicyclic) bond motifs is 1. The summed E-state index contributed by atoms with van der Waals surface area (Å²) in [5, 5.41) is 21.2. The molecule has 0 amide bonds. The maximum absolute atomic E-state index is 13.2. The number of sulfonamides is 2. The van der Waals surface area contributed by atoms with Gasteiger partial charge in [0.1, 0.15) is 11.1 Å². The molecule has 208 valence electrons. The number of pyridine rings is 1. The van der Waals surface area contributed by atoms with Gasteiger partial charge in [0.05, 0.1) is 11.3 Å². The van der Waals surface area contributed by atoms with Crippen LogP contribution in [0.15, 0.2) is 17.2 Å². The van der Waals surface area contributed by atoms with Crippen molar-refractivity contribution in [3.8, 4) is 11.2 Å². The Morgan fingerprint density at radius 1 is 1.18 bits per heavy atom. The van der Waals surface area contributed by atoms with Crippen LogP contribution in [0.2, 0.25) is 0 Å². The molecule has 19 heteroatoms. The van der Waals surface area contributed by atoms with Gasteiger partial charge in [-0.3, -0.25) is 0 Å². The van der Waals surface area contributed by atoms with E-state index in [1.54, 1.807) is 19.9 Å². The molecular formula is C20H20F3N9O4S3. The number of nitrogens with zero attached hydrogens (tertiary/aromatic N) is 8. The summed E-state index contributed by atoms with van der Waals surface area (Å²) in [5.41, 5.74) is -0.570. The number of hydrogen-bond donors (Lipinski definition) is 1. The highest BCUT2D eigenvalue weighted by molar-refractivity contribution is 7.89. The SMILES string of the molecule is CC(C)S(=O)(=O)N1CC=C(c2cc(S(=O)(=O)NC3(C#N)CC3)nc3c2nnn3-c2nnc(C(F)(F)F)s2)CC1. The normalized spacial score (nSPS) is 18.3. The van der Waals surface area contributed by atoms with Crippen LogP contribution in [0.1, 0.15) is 43.7 Å². The highest BCUT2D eigenvalue weighted by Crippen LogP contribution is 2.37. The predicted molar refractivity (Wildman–Crippen MR) is 131 cm³/mol. The second kappa shape index (κ2) is 9.26. The van der Waals surface area contributed by atoms with E-state index < -0.39 is 47.0 Å². The topological polar surface area (TPSA) is 177 Å². The van der Waals surface area contributed by atoms with Crippen molar-refractivity contribution in [2.75, 3.05) is 13.1 Å². The number of halogens is 3. The van der Waals surface area contributed by atoms with E-state index in [9.17, 15) is 35.3 Å². The van der Waals surface area contributed by atoms with Crippen LogP contribution in [-0.2, 0) is 26.2 Å². The molecule has 1 aliphatic heterocycles. The lowest BCUT2D eigenvalue weighted by Crippen LogP contribution is -2.39. The fraction of sp³-hybridized carbons (Fsp3) is 0.500. The number of nitriles is 1. The Bertz CT molecular complexity index is 1750. The first-order chi connectivity index (χ1) is 18.2. The molecule has 1 fully saturated rings. The molecule has 0 unspecified atom stereocenters. The minimum Gasteiger partial charge on any atom is -0.213 e. The van der Waals surface area contributed by atoms with Gasteiger partial charge < -0.3 is 0 Å². The number of aromatic nitrogens is 6. The first-order valence-corrected chi connectivity index (χ1v) is 15.3. The Morgan fingerprint density at radius 2 is 1.90 bits per heavy atom. The Hall–Kier alpha value is -3.05. The molecule has 13 nitrogen and oxygen atoms in total. The molecule has 0 aromatic carbocycles. The zero-order chi connectivity index (χ0) is 28.4.